The Kier molecular flexibility index (Phi) is 3.27. The number of nitrogens with zero attached hydrogens (tertiary/aromatic N) is 1. The molecular weight excluding hydrogens is 236 g/mol. The summed E-state index contributed by atoms with van der Waals surface area (Å²) in [6, 6.07) is 1.63. The van der Waals surface area contributed by atoms with Gasteiger partial charge in [0.25, 0.3) is 0 Å². The number of hydrogen-bond donors (Lipinski definition) is 1. The molecule has 0 amide bonds. The molecule has 0 spiro atoms. The number of pyridine rings is 2. The lowest BCUT2D eigenvalue weighted by Crippen LogP contribution is -2.16. The number of carbonyl (C=O) groups excluding carboxylic acids is 1. The monoisotopic (exact) mass is 248 g/mol. The van der Waals surface area contributed by atoms with Crippen LogP contribution in [0.5, 0.6) is 5.75 Å². The number of nitrogens with one attached hydrogen (secondary N) is 1. The predicted molar refractivity (Wildman–Crippen MR) is 64.8 cm³/mol. The molecule has 2 aromatic rings. The summed E-state index contributed by atoms with van der Waals surface area (Å²) in [6.07, 6.45) is 1.98. The first kappa shape index (κ1) is 12.1. The van der Waals surface area contributed by atoms with Crippen molar-refractivity contribution in [2.24, 2.45) is 0 Å². The van der Waals surface area contributed by atoms with Crippen LogP contribution in [0.1, 0.15) is 12.6 Å². The molecule has 0 fully saturated rings. The molecule has 0 aliphatic heterocycles. The number of ether oxygens (including phenoxy) is 2. The van der Waals surface area contributed by atoms with Gasteiger partial charge in [-0.15, -0.1) is 0 Å². The van der Waals surface area contributed by atoms with Crippen LogP contribution in [-0.4, -0.2) is 22.7 Å². The van der Waals surface area contributed by atoms with Gasteiger partial charge < -0.3 is 14.5 Å². The lowest BCUT2D eigenvalue weighted by Gasteiger charge is -2.04. The zero-order valence-electron chi connectivity index (χ0n) is 10.0. The molecule has 0 aromatic carbocycles. The smallest absolute Gasteiger partial charge is 0.434 e. The topological polar surface area (TPSA) is 81.3 Å². The minimum Gasteiger partial charge on any atom is -0.434 e. The van der Waals surface area contributed by atoms with Crippen LogP contribution in [-0.2, 0) is 4.74 Å². The number of aromatic nitrogens is 2. The van der Waals surface area contributed by atoms with Gasteiger partial charge in [0.05, 0.1) is 23.7 Å². The van der Waals surface area contributed by atoms with Crippen molar-refractivity contribution in [3.63, 3.8) is 0 Å². The van der Waals surface area contributed by atoms with Gasteiger partial charge in [-0.05, 0) is 19.9 Å². The van der Waals surface area contributed by atoms with E-state index in [1.54, 1.807) is 26.1 Å². The van der Waals surface area contributed by atoms with Gasteiger partial charge in [-0.1, -0.05) is 0 Å². The Hall–Kier alpha value is -2.37. The fraction of sp³-hybridized carbons (Fsp3) is 0.250. The number of hydrogen-bond acceptors (Lipinski definition) is 5. The van der Waals surface area contributed by atoms with Crippen LogP contribution in [0.4, 0.5) is 4.79 Å². The highest BCUT2D eigenvalue weighted by Crippen LogP contribution is 2.12. The molecule has 2 heterocycles. The fourth-order valence-corrected chi connectivity index (χ4v) is 1.52. The maximum absolute atomic E-state index is 12.0. The molecule has 0 aliphatic carbocycles. The van der Waals surface area contributed by atoms with E-state index in [-0.39, 0.29) is 17.8 Å². The van der Waals surface area contributed by atoms with Crippen molar-refractivity contribution in [1.82, 2.24) is 9.97 Å². The van der Waals surface area contributed by atoms with Gasteiger partial charge in [0, 0.05) is 11.9 Å². The molecule has 0 unspecified atom stereocenters. The van der Waals surface area contributed by atoms with E-state index >= 15 is 0 Å². The molecule has 94 valence electrons. The van der Waals surface area contributed by atoms with Crippen molar-refractivity contribution in [2.75, 3.05) is 6.61 Å². The summed E-state index contributed by atoms with van der Waals surface area (Å²) in [5, 5.41) is 0.421. The number of rotatable bonds is 2. The van der Waals surface area contributed by atoms with Crippen molar-refractivity contribution >= 4 is 17.1 Å². The van der Waals surface area contributed by atoms with Gasteiger partial charge >= 0.3 is 6.16 Å². The Morgan fingerprint density at radius 2 is 2.28 bits per heavy atom. The van der Waals surface area contributed by atoms with E-state index < -0.39 is 6.16 Å². The number of fused-ring (bicyclic) bond motifs is 1. The number of H-pyrrole nitrogens is 1. The molecule has 0 atom stereocenters. The summed E-state index contributed by atoms with van der Waals surface area (Å²) in [7, 11) is 0. The Morgan fingerprint density at radius 3 is 3.00 bits per heavy atom. The van der Waals surface area contributed by atoms with Crippen LogP contribution in [0.25, 0.3) is 10.9 Å². The molecular formula is C12H12N2O4. The maximum Gasteiger partial charge on any atom is 0.514 e. The number of aromatic amines is 1. The lowest BCUT2D eigenvalue weighted by atomic mass is 10.2. The minimum absolute atomic E-state index is 0.0912. The Balaban J connectivity index is 2.44. The van der Waals surface area contributed by atoms with Crippen LogP contribution in [0.2, 0.25) is 0 Å². The average molecular weight is 248 g/mol. The normalized spacial score (nSPS) is 10.3. The maximum atomic E-state index is 12.0. The van der Waals surface area contributed by atoms with Crippen LogP contribution in [0.3, 0.4) is 0 Å². The first-order valence-electron chi connectivity index (χ1n) is 5.44. The van der Waals surface area contributed by atoms with E-state index in [0.717, 1.165) is 0 Å². The van der Waals surface area contributed by atoms with Gasteiger partial charge in [0.2, 0.25) is 5.43 Å². The highest BCUT2D eigenvalue weighted by atomic mass is 16.7. The Labute approximate surface area is 103 Å². The van der Waals surface area contributed by atoms with Gasteiger partial charge in [0.1, 0.15) is 0 Å². The van der Waals surface area contributed by atoms with E-state index in [0.29, 0.717) is 16.6 Å². The Morgan fingerprint density at radius 1 is 1.50 bits per heavy atom. The Bertz CT molecular complexity index is 648. The third kappa shape index (κ3) is 2.32. The average Bonchev–Trinajstić information content (AvgIpc) is 2.34. The highest BCUT2D eigenvalue weighted by Gasteiger charge is 2.11. The van der Waals surface area contributed by atoms with Crippen LogP contribution >= 0.6 is 0 Å². The first-order chi connectivity index (χ1) is 8.61. The van der Waals surface area contributed by atoms with Crippen LogP contribution in [0, 0.1) is 6.92 Å². The molecule has 0 aliphatic rings. The van der Waals surface area contributed by atoms with Crippen molar-refractivity contribution in [3.05, 3.63) is 34.4 Å². The van der Waals surface area contributed by atoms with E-state index in [1.807, 2.05) is 0 Å². The summed E-state index contributed by atoms with van der Waals surface area (Å²) in [4.78, 5) is 30.1. The SMILES string of the molecule is CCOC(=O)Oc1c[nH]c2cnc(C)cc2c1=O. The second-order valence-electron chi connectivity index (χ2n) is 3.64. The zero-order chi connectivity index (χ0) is 13.1. The largest absolute Gasteiger partial charge is 0.514 e. The molecule has 0 radical (unpaired) electrons. The second kappa shape index (κ2) is 4.87. The first-order valence-corrected chi connectivity index (χ1v) is 5.44. The van der Waals surface area contributed by atoms with E-state index in [4.69, 9.17) is 4.74 Å². The van der Waals surface area contributed by atoms with Crippen molar-refractivity contribution in [3.8, 4) is 5.75 Å². The summed E-state index contributed by atoms with van der Waals surface area (Å²) in [5.41, 5.74) is 0.922. The van der Waals surface area contributed by atoms with Gasteiger partial charge in [-0.3, -0.25) is 9.78 Å². The molecule has 0 saturated carbocycles. The molecule has 6 heteroatoms. The summed E-state index contributed by atoms with van der Waals surface area (Å²) < 4.78 is 9.42. The van der Waals surface area contributed by atoms with E-state index in [2.05, 4.69) is 14.7 Å². The third-order valence-corrected chi connectivity index (χ3v) is 2.32. The second-order valence-corrected chi connectivity index (χ2v) is 3.64. The standard InChI is InChI=1S/C12H12N2O4/c1-3-17-12(16)18-10-6-14-9-5-13-7(2)4-8(9)11(10)15/h4-6H,3H2,1-2H3,(H,14,15). The molecule has 1 N–H and O–H groups in total. The number of carbonyl (C=O) groups is 1. The minimum atomic E-state index is -0.895. The van der Waals surface area contributed by atoms with Crippen molar-refractivity contribution in [2.45, 2.75) is 13.8 Å². The van der Waals surface area contributed by atoms with Crippen molar-refractivity contribution in [1.29, 1.82) is 0 Å². The summed E-state index contributed by atoms with van der Waals surface area (Å²) >= 11 is 0. The third-order valence-electron chi connectivity index (χ3n) is 2.32. The summed E-state index contributed by atoms with van der Waals surface area (Å²) in [6.45, 7) is 3.62. The van der Waals surface area contributed by atoms with Gasteiger partial charge in [-0.25, -0.2) is 4.79 Å². The fourth-order valence-electron chi connectivity index (χ4n) is 1.52. The van der Waals surface area contributed by atoms with Gasteiger partial charge in [-0.2, -0.15) is 0 Å². The quantitative estimate of drug-likeness (QED) is 0.819. The lowest BCUT2D eigenvalue weighted by molar-refractivity contribution is 0.104. The van der Waals surface area contributed by atoms with E-state index in [1.165, 1.54) is 6.20 Å². The molecule has 2 rings (SSSR count). The summed E-state index contributed by atoms with van der Waals surface area (Å²) in [5.74, 6) is -0.0912. The molecule has 18 heavy (non-hydrogen) atoms. The van der Waals surface area contributed by atoms with E-state index in [9.17, 15) is 9.59 Å². The van der Waals surface area contributed by atoms with Crippen LogP contribution < -0.4 is 10.2 Å². The molecule has 6 nitrogen and oxygen atoms in total. The molecule has 0 saturated heterocycles. The highest BCUT2D eigenvalue weighted by molar-refractivity contribution is 5.79. The molecule has 0 bridgehead atoms. The molecule has 2 aromatic heterocycles. The zero-order valence-corrected chi connectivity index (χ0v) is 10.0. The van der Waals surface area contributed by atoms with Gasteiger partial charge in [0.15, 0.2) is 5.75 Å². The predicted octanol–water partition coefficient (Wildman–Crippen LogP) is 1.77. The number of aryl methyl sites for hydroxylation is 1. The van der Waals surface area contributed by atoms with Crippen LogP contribution in [0.15, 0.2) is 23.3 Å². The van der Waals surface area contributed by atoms with Crippen molar-refractivity contribution < 1.29 is 14.3 Å².